The number of hydrogen-bond donors (Lipinski definition) is 0. The number of nitro groups is 1. The molecule has 1 rings (SSSR count). The summed E-state index contributed by atoms with van der Waals surface area (Å²) in [6.45, 7) is 9.97. The van der Waals surface area contributed by atoms with Crippen LogP contribution in [0.1, 0.15) is 52.5 Å². The first-order valence-corrected chi connectivity index (χ1v) is 6.35. The van der Waals surface area contributed by atoms with Gasteiger partial charge in [-0.1, -0.05) is 45.9 Å². The summed E-state index contributed by atoms with van der Waals surface area (Å²) < 4.78 is 4.95. The topological polar surface area (TPSA) is 69.2 Å². The van der Waals surface area contributed by atoms with Crippen molar-refractivity contribution in [2.45, 2.75) is 47.5 Å². The maximum absolute atomic E-state index is 10.8. The van der Waals surface area contributed by atoms with Crippen LogP contribution in [-0.4, -0.2) is 10.1 Å². The summed E-state index contributed by atoms with van der Waals surface area (Å²) in [4.78, 5) is 10.4. The number of aryl methyl sites for hydroxylation is 1. The quantitative estimate of drug-likeness (QED) is 0.582. The Kier molecular flexibility index (Phi) is 7.67. The van der Waals surface area contributed by atoms with Crippen molar-refractivity contribution in [3.05, 3.63) is 27.6 Å². The van der Waals surface area contributed by atoms with Gasteiger partial charge in [-0.2, -0.15) is 0 Å². The standard InChI is InChI=1S/C11H16N2O3.C2H6/c1-4-9-11(13(14)15)10(16-12-9)7-5-6-8(2)3;1-2/h5,7-8H,4,6H2,1-3H3;1-2H3/b7-5+;. The minimum absolute atomic E-state index is 0.0116. The van der Waals surface area contributed by atoms with Crippen molar-refractivity contribution < 1.29 is 9.45 Å². The normalized spacial score (nSPS) is 10.6. The molecule has 0 unspecified atom stereocenters. The van der Waals surface area contributed by atoms with Crippen LogP contribution in [-0.2, 0) is 6.42 Å². The molecule has 0 saturated carbocycles. The van der Waals surface area contributed by atoms with Crippen LogP contribution in [0.3, 0.4) is 0 Å². The lowest BCUT2D eigenvalue weighted by Crippen LogP contribution is -1.93. The van der Waals surface area contributed by atoms with Crippen LogP contribution >= 0.6 is 0 Å². The van der Waals surface area contributed by atoms with Gasteiger partial charge >= 0.3 is 5.69 Å². The molecule has 102 valence electrons. The second kappa shape index (κ2) is 8.44. The molecule has 0 atom stereocenters. The van der Waals surface area contributed by atoms with E-state index in [0.717, 1.165) is 6.42 Å². The molecule has 18 heavy (non-hydrogen) atoms. The minimum Gasteiger partial charge on any atom is -0.349 e. The molecular weight excluding hydrogens is 232 g/mol. The fourth-order valence-corrected chi connectivity index (χ4v) is 1.32. The van der Waals surface area contributed by atoms with Crippen LogP contribution in [0.4, 0.5) is 5.69 Å². The highest BCUT2D eigenvalue weighted by molar-refractivity contribution is 5.57. The summed E-state index contributed by atoms with van der Waals surface area (Å²) in [7, 11) is 0. The molecule has 0 bridgehead atoms. The first-order chi connectivity index (χ1) is 8.56. The fourth-order valence-electron chi connectivity index (χ4n) is 1.32. The zero-order valence-corrected chi connectivity index (χ0v) is 11.8. The second-order valence-electron chi connectivity index (χ2n) is 3.98. The maximum Gasteiger partial charge on any atom is 0.338 e. The van der Waals surface area contributed by atoms with Gasteiger partial charge in [0, 0.05) is 0 Å². The predicted molar refractivity (Wildman–Crippen MR) is 72.4 cm³/mol. The fraction of sp³-hybridized carbons (Fsp3) is 0.615. The number of nitrogens with zero attached hydrogens (tertiary/aromatic N) is 2. The molecule has 0 amide bonds. The molecule has 1 aromatic heterocycles. The van der Waals surface area contributed by atoms with E-state index in [-0.39, 0.29) is 11.4 Å². The number of rotatable bonds is 5. The second-order valence-corrected chi connectivity index (χ2v) is 3.98. The van der Waals surface area contributed by atoms with Crippen molar-refractivity contribution in [3.63, 3.8) is 0 Å². The van der Waals surface area contributed by atoms with E-state index in [0.29, 0.717) is 18.0 Å². The Morgan fingerprint density at radius 2 is 2.06 bits per heavy atom. The zero-order chi connectivity index (χ0) is 14.1. The summed E-state index contributed by atoms with van der Waals surface area (Å²) in [6.07, 6.45) is 4.86. The van der Waals surface area contributed by atoms with Crippen LogP contribution in [0.5, 0.6) is 0 Å². The lowest BCUT2D eigenvalue weighted by molar-refractivity contribution is -0.386. The van der Waals surface area contributed by atoms with Gasteiger partial charge in [0.25, 0.3) is 0 Å². The van der Waals surface area contributed by atoms with E-state index in [2.05, 4.69) is 19.0 Å². The lowest BCUT2D eigenvalue weighted by Gasteiger charge is -1.95. The molecule has 0 aliphatic rings. The minimum atomic E-state index is -0.440. The summed E-state index contributed by atoms with van der Waals surface area (Å²) in [6, 6.07) is 0. The molecular formula is C13H22N2O3. The molecule has 0 fully saturated rings. The van der Waals surface area contributed by atoms with Gasteiger partial charge in [0.15, 0.2) is 5.69 Å². The average molecular weight is 254 g/mol. The van der Waals surface area contributed by atoms with Crippen molar-refractivity contribution in [2.75, 3.05) is 0 Å². The van der Waals surface area contributed by atoms with Crippen molar-refractivity contribution >= 4 is 11.8 Å². The highest BCUT2D eigenvalue weighted by atomic mass is 16.6. The predicted octanol–water partition coefficient (Wildman–Crippen LogP) is 4.23. The first-order valence-electron chi connectivity index (χ1n) is 6.35. The van der Waals surface area contributed by atoms with E-state index in [9.17, 15) is 10.1 Å². The Hall–Kier alpha value is -1.65. The highest BCUT2D eigenvalue weighted by Crippen LogP contribution is 2.25. The molecule has 0 N–H and O–H groups in total. The molecule has 0 spiro atoms. The van der Waals surface area contributed by atoms with Crippen molar-refractivity contribution in [1.29, 1.82) is 0 Å². The number of aromatic nitrogens is 1. The van der Waals surface area contributed by atoms with E-state index < -0.39 is 4.92 Å². The molecule has 0 radical (unpaired) electrons. The van der Waals surface area contributed by atoms with Gasteiger partial charge in [-0.05, 0) is 24.8 Å². The third-order valence-electron chi connectivity index (χ3n) is 2.16. The summed E-state index contributed by atoms with van der Waals surface area (Å²) in [5.74, 6) is 0.756. The summed E-state index contributed by atoms with van der Waals surface area (Å²) in [5, 5.41) is 14.5. The van der Waals surface area contributed by atoms with Gasteiger partial charge in [-0.3, -0.25) is 10.1 Å². The SMILES string of the molecule is CC.CCc1noc(/C=C/CC(C)C)c1[N+](=O)[O-]. The smallest absolute Gasteiger partial charge is 0.338 e. The third kappa shape index (κ3) is 4.69. The van der Waals surface area contributed by atoms with Gasteiger partial charge in [-0.15, -0.1) is 0 Å². The van der Waals surface area contributed by atoms with Crippen LogP contribution in [0, 0.1) is 16.0 Å². The van der Waals surface area contributed by atoms with Gasteiger partial charge < -0.3 is 4.52 Å². The van der Waals surface area contributed by atoms with E-state index in [1.165, 1.54) is 0 Å². The molecule has 0 aromatic carbocycles. The van der Waals surface area contributed by atoms with Gasteiger partial charge in [-0.25, -0.2) is 0 Å². The van der Waals surface area contributed by atoms with Gasteiger partial charge in [0.1, 0.15) is 0 Å². The molecule has 5 nitrogen and oxygen atoms in total. The van der Waals surface area contributed by atoms with E-state index in [4.69, 9.17) is 4.52 Å². The zero-order valence-electron chi connectivity index (χ0n) is 11.8. The Bertz CT molecular complexity index is 395. The molecule has 1 aromatic rings. The van der Waals surface area contributed by atoms with Crippen LogP contribution in [0.25, 0.3) is 6.08 Å². The third-order valence-corrected chi connectivity index (χ3v) is 2.16. The Morgan fingerprint density at radius 1 is 1.44 bits per heavy atom. The number of allylic oxidation sites excluding steroid dienone is 1. The van der Waals surface area contributed by atoms with Gasteiger partial charge in [0.05, 0.1) is 4.92 Å². The first kappa shape index (κ1) is 16.4. The number of hydrogen-bond acceptors (Lipinski definition) is 4. The summed E-state index contributed by atoms with van der Waals surface area (Å²) >= 11 is 0. The largest absolute Gasteiger partial charge is 0.349 e. The van der Waals surface area contributed by atoms with Crippen LogP contribution < -0.4 is 0 Å². The lowest BCUT2D eigenvalue weighted by atomic mass is 10.1. The van der Waals surface area contributed by atoms with Crippen LogP contribution in [0.2, 0.25) is 0 Å². The average Bonchev–Trinajstić information content (AvgIpc) is 2.74. The highest BCUT2D eigenvalue weighted by Gasteiger charge is 2.23. The Morgan fingerprint density at radius 3 is 2.50 bits per heavy atom. The van der Waals surface area contributed by atoms with E-state index in [1.807, 2.05) is 26.8 Å². The van der Waals surface area contributed by atoms with Crippen molar-refractivity contribution in [3.8, 4) is 0 Å². The van der Waals surface area contributed by atoms with Gasteiger partial charge in [0.2, 0.25) is 5.76 Å². The maximum atomic E-state index is 10.8. The monoisotopic (exact) mass is 254 g/mol. The molecule has 1 heterocycles. The molecule has 5 heteroatoms. The summed E-state index contributed by atoms with van der Waals surface area (Å²) in [5.41, 5.74) is 0.386. The Labute approximate surface area is 108 Å². The van der Waals surface area contributed by atoms with Crippen LogP contribution in [0.15, 0.2) is 10.6 Å². The van der Waals surface area contributed by atoms with Crippen molar-refractivity contribution in [2.24, 2.45) is 5.92 Å². The van der Waals surface area contributed by atoms with E-state index in [1.54, 1.807) is 6.08 Å². The molecule has 0 saturated heterocycles. The Balaban J connectivity index is 0.00000137. The molecule has 0 aliphatic heterocycles. The molecule has 0 aliphatic carbocycles. The van der Waals surface area contributed by atoms with E-state index >= 15 is 0 Å². The van der Waals surface area contributed by atoms with Crippen molar-refractivity contribution in [1.82, 2.24) is 5.16 Å².